The van der Waals surface area contributed by atoms with Gasteiger partial charge in [-0.15, -0.1) is 0 Å². The summed E-state index contributed by atoms with van der Waals surface area (Å²) in [6.45, 7) is 1.25. The molecule has 1 aromatic carbocycles. The van der Waals surface area contributed by atoms with E-state index in [4.69, 9.17) is 5.11 Å². The van der Waals surface area contributed by atoms with Gasteiger partial charge in [0.25, 0.3) is 0 Å². The van der Waals surface area contributed by atoms with Gasteiger partial charge in [0.2, 0.25) is 0 Å². The third-order valence-corrected chi connectivity index (χ3v) is 2.88. The summed E-state index contributed by atoms with van der Waals surface area (Å²) in [7, 11) is 2.09. The number of aliphatic hydroxyl groups is 1. The van der Waals surface area contributed by atoms with Gasteiger partial charge in [-0.2, -0.15) is 0 Å². The predicted molar refractivity (Wildman–Crippen MR) is 67.9 cm³/mol. The average Bonchev–Trinajstić information content (AvgIpc) is 2.73. The number of anilines is 1. The lowest BCUT2D eigenvalue weighted by atomic mass is 10.2. The number of aliphatic hydroxyl groups excluding tert-OH is 1. The zero-order valence-electron chi connectivity index (χ0n) is 9.61. The van der Waals surface area contributed by atoms with Crippen LogP contribution in [-0.4, -0.2) is 30.3 Å². The van der Waals surface area contributed by atoms with Crippen molar-refractivity contribution in [1.82, 2.24) is 4.98 Å². The summed E-state index contributed by atoms with van der Waals surface area (Å²) in [4.78, 5) is 5.50. The van der Waals surface area contributed by atoms with Gasteiger partial charge in [0.05, 0.1) is 5.69 Å². The molecule has 0 aliphatic carbocycles. The normalized spacial score (nSPS) is 10.9. The van der Waals surface area contributed by atoms with Crippen LogP contribution in [0.3, 0.4) is 0 Å². The van der Waals surface area contributed by atoms with Crippen LogP contribution in [0.5, 0.6) is 0 Å². The highest BCUT2D eigenvalue weighted by Gasteiger charge is 2.06. The van der Waals surface area contributed by atoms with Crippen LogP contribution in [0.15, 0.2) is 30.5 Å². The van der Waals surface area contributed by atoms with Gasteiger partial charge in [-0.3, -0.25) is 0 Å². The predicted octanol–water partition coefficient (Wildman–Crippen LogP) is 2.38. The molecule has 0 bridgehead atoms. The Morgan fingerprint density at radius 2 is 2.06 bits per heavy atom. The van der Waals surface area contributed by atoms with E-state index in [1.165, 1.54) is 16.6 Å². The number of rotatable bonds is 5. The number of para-hydroxylation sites is 1. The van der Waals surface area contributed by atoms with Crippen LogP contribution in [0, 0.1) is 0 Å². The molecule has 2 aromatic rings. The molecule has 0 spiro atoms. The maximum Gasteiger partial charge on any atom is 0.0621 e. The molecule has 0 amide bonds. The fourth-order valence-corrected chi connectivity index (χ4v) is 1.95. The maximum absolute atomic E-state index is 8.76. The second-order valence-electron chi connectivity index (χ2n) is 4.07. The van der Waals surface area contributed by atoms with Gasteiger partial charge < -0.3 is 15.0 Å². The molecule has 86 valence electrons. The molecule has 1 aromatic heterocycles. The summed E-state index contributed by atoms with van der Waals surface area (Å²) < 4.78 is 0. The summed E-state index contributed by atoms with van der Waals surface area (Å²) >= 11 is 0. The lowest BCUT2D eigenvalue weighted by Crippen LogP contribution is -2.18. The summed E-state index contributed by atoms with van der Waals surface area (Å²) in [5, 5.41) is 10.0. The highest BCUT2D eigenvalue weighted by atomic mass is 16.2. The highest BCUT2D eigenvalue weighted by molar-refractivity contribution is 5.92. The molecule has 0 saturated carbocycles. The van der Waals surface area contributed by atoms with E-state index in [1.807, 2.05) is 12.3 Å². The lowest BCUT2D eigenvalue weighted by molar-refractivity contribution is 0.285. The van der Waals surface area contributed by atoms with Crippen molar-refractivity contribution in [2.75, 3.05) is 25.1 Å². The summed E-state index contributed by atoms with van der Waals surface area (Å²) in [5.74, 6) is 0. The fraction of sp³-hybridized carbons (Fsp3) is 0.385. The topological polar surface area (TPSA) is 39.3 Å². The number of hydrogen-bond acceptors (Lipinski definition) is 2. The first-order valence-electron chi connectivity index (χ1n) is 5.71. The first kappa shape index (κ1) is 11.0. The molecule has 0 unspecified atom stereocenters. The first-order chi connectivity index (χ1) is 7.83. The van der Waals surface area contributed by atoms with Crippen LogP contribution >= 0.6 is 0 Å². The molecule has 0 aliphatic rings. The van der Waals surface area contributed by atoms with Crippen LogP contribution in [0.25, 0.3) is 10.9 Å². The second kappa shape index (κ2) is 5.03. The van der Waals surface area contributed by atoms with E-state index in [9.17, 15) is 0 Å². The number of benzene rings is 1. The summed E-state index contributed by atoms with van der Waals surface area (Å²) in [5.41, 5.74) is 2.40. The van der Waals surface area contributed by atoms with Crippen molar-refractivity contribution < 1.29 is 5.11 Å². The van der Waals surface area contributed by atoms with Crippen molar-refractivity contribution in [1.29, 1.82) is 0 Å². The van der Waals surface area contributed by atoms with Gasteiger partial charge in [-0.25, -0.2) is 0 Å². The third-order valence-electron chi connectivity index (χ3n) is 2.88. The number of unbranched alkanes of at least 4 members (excludes halogenated alkanes) is 1. The number of hydrogen-bond donors (Lipinski definition) is 2. The Morgan fingerprint density at radius 3 is 2.88 bits per heavy atom. The Bertz CT molecular complexity index is 450. The molecule has 2 N–H and O–H groups in total. The molecule has 3 nitrogen and oxygen atoms in total. The Labute approximate surface area is 95.7 Å². The van der Waals surface area contributed by atoms with Gasteiger partial charge in [-0.05, 0) is 18.9 Å². The molecule has 0 fully saturated rings. The monoisotopic (exact) mass is 218 g/mol. The van der Waals surface area contributed by atoms with Crippen molar-refractivity contribution in [3.8, 4) is 0 Å². The van der Waals surface area contributed by atoms with Gasteiger partial charge in [-0.1, -0.05) is 18.2 Å². The number of H-pyrrole nitrogens is 1. The lowest BCUT2D eigenvalue weighted by Gasteiger charge is -2.17. The number of fused-ring (bicyclic) bond motifs is 1. The summed E-state index contributed by atoms with van der Waals surface area (Å²) in [6, 6.07) is 8.31. The zero-order chi connectivity index (χ0) is 11.4. The zero-order valence-corrected chi connectivity index (χ0v) is 9.61. The average molecular weight is 218 g/mol. The van der Waals surface area contributed by atoms with Crippen LogP contribution in [0.1, 0.15) is 12.8 Å². The van der Waals surface area contributed by atoms with E-state index in [1.54, 1.807) is 0 Å². The fourth-order valence-electron chi connectivity index (χ4n) is 1.95. The number of aromatic amines is 1. The molecule has 2 rings (SSSR count). The minimum Gasteiger partial charge on any atom is -0.396 e. The van der Waals surface area contributed by atoms with Crippen LogP contribution < -0.4 is 4.90 Å². The Balaban J connectivity index is 2.13. The van der Waals surface area contributed by atoms with E-state index in [0.29, 0.717) is 0 Å². The number of nitrogens with zero attached hydrogens (tertiary/aromatic N) is 1. The molecule has 0 aliphatic heterocycles. The highest BCUT2D eigenvalue weighted by Crippen LogP contribution is 2.25. The molecule has 0 saturated heterocycles. The summed E-state index contributed by atoms with van der Waals surface area (Å²) in [6.07, 6.45) is 3.93. The third kappa shape index (κ3) is 2.19. The number of nitrogens with one attached hydrogen (secondary N) is 1. The minimum absolute atomic E-state index is 0.279. The molecule has 16 heavy (non-hydrogen) atoms. The standard InChI is InChI=1S/C13H18N2O/c1-15(8-4-5-9-16)13-10-14-12-7-3-2-6-11(12)13/h2-3,6-7,10,14,16H,4-5,8-9H2,1H3. The van der Waals surface area contributed by atoms with Gasteiger partial charge in [0.1, 0.15) is 0 Å². The minimum atomic E-state index is 0.279. The quantitative estimate of drug-likeness (QED) is 0.756. The smallest absolute Gasteiger partial charge is 0.0621 e. The molecular formula is C13H18N2O. The SMILES string of the molecule is CN(CCCCO)c1c[nH]c2ccccc12. The van der Waals surface area contributed by atoms with E-state index in [2.05, 4.69) is 35.1 Å². The van der Waals surface area contributed by atoms with E-state index in [-0.39, 0.29) is 6.61 Å². The van der Waals surface area contributed by atoms with Crippen molar-refractivity contribution in [2.24, 2.45) is 0 Å². The molecule has 0 atom stereocenters. The van der Waals surface area contributed by atoms with Gasteiger partial charge in [0, 0.05) is 37.3 Å². The van der Waals surface area contributed by atoms with Crippen molar-refractivity contribution in [3.05, 3.63) is 30.5 Å². The van der Waals surface area contributed by atoms with E-state index in [0.717, 1.165) is 19.4 Å². The Hall–Kier alpha value is -1.48. The van der Waals surface area contributed by atoms with Crippen molar-refractivity contribution >= 4 is 16.6 Å². The molecular weight excluding hydrogens is 200 g/mol. The van der Waals surface area contributed by atoms with Crippen LogP contribution in [-0.2, 0) is 0 Å². The Morgan fingerprint density at radius 1 is 1.25 bits per heavy atom. The maximum atomic E-state index is 8.76. The molecule has 0 radical (unpaired) electrons. The van der Waals surface area contributed by atoms with Gasteiger partial charge in [0.15, 0.2) is 0 Å². The van der Waals surface area contributed by atoms with Crippen LogP contribution in [0.4, 0.5) is 5.69 Å². The molecule has 3 heteroatoms. The van der Waals surface area contributed by atoms with Crippen LogP contribution in [0.2, 0.25) is 0 Å². The first-order valence-corrected chi connectivity index (χ1v) is 5.71. The second-order valence-corrected chi connectivity index (χ2v) is 4.07. The van der Waals surface area contributed by atoms with E-state index >= 15 is 0 Å². The number of aromatic nitrogens is 1. The molecule has 1 heterocycles. The van der Waals surface area contributed by atoms with E-state index < -0.39 is 0 Å². The van der Waals surface area contributed by atoms with Crippen molar-refractivity contribution in [3.63, 3.8) is 0 Å². The largest absolute Gasteiger partial charge is 0.396 e. The van der Waals surface area contributed by atoms with Gasteiger partial charge >= 0.3 is 0 Å². The van der Waals surface area contributed by atoms with Crippen molar-refractivity contribution in [2.45, 2.75) is 12.8 Å². The Kier molecular flexibility index (Phi) is 3.47.